The highest BCUT2D eigenvalue weighted by atomic mass is 32.1. The number of aromatic nitrogens is 1. The van der Waals surface area contributed by atoms with Gasteiger partial charge in [0.15, 0.2) is 5.13 Å². The van der Waals surface area contributed by atoms with Gasteiger partial charge in [0.1, 0.15) is 6.10 Å². The minimum Gasteiger partial charge on any atom is -0.366 e. The third-order valence-electron chi connectivity index (χ3n) is 3.68. The fraction of sp³-hybridized carbons (Fsp3) is 0.412. The van der Waals surface area contributed by atoms with E-state index in [1.165, 1.54) is 16.2 Å². The van der Waals surface area contributed by atoms with Crippen LogP contribution in [-0.2, 0) is 9.53 Å². The molecule has 1 aliphatic rings. The first-order valence-electron chi connectivity index (χ1n) is 7.84. The minimum absolute atomic E-state index is 0.138. The van der Waals surface area contributed by atoms with E-state index in [0.29, 0.717) is 24.2 Å². The van der Waals surface area contributed by atoms with Gasteiger partial charge in [-0.05, 0) is 5.92 Å². The second-order valence-electron chi connectivity index (χ2n) is 5.81. The monoisotopic (exact) mass is 331 g/mol. The van der Waals surface area contributed by atoms with Gasteiger partial charge in [-0.3, -0.25) is 10.1 Å². The zero-order valence-corrected chi connectivity index (χ0v) is 14.2. The first kappa shape index (κ1) is 16.1. The third kappa shape index (κ3) is 3.77. The molecule has 1 atom stereocenters. The number of hydrogen-bond donors (Lipinski definition) is 2. The molecule has 23 heavy (non-hydrogen) atoms. The van der Waals surface area contributed by atoms with Crippen LogP contribution in [0.3, 0.4) is 0 Å². The standard InChI is InChI=1S/C17H21N3O2S/c1-11(2)15-14(12-6-4-3-5-7-12)19-17(23-15)20-16(21)13-10-18-8-9-22-13/h3-7,11,13,18H,8-10H2,1-2H3,(H,19,20,21). The number of morpholine rings is 1. The van der Waals surface area contributed by atoms with Gasteiger partial charge >= 0.3 is 0 Å². The number of nitrogens with zero attached hydrogens (tertiary/aromatic N) is 1. The summed E-state index contributed by atoms with van der Waals surface area (Å²) in [5, 5.41) is 6.69. The van der Waals surface area contributed by atoms with E-state index in [1.807, 2.05) is 30.3 Å². The normalized spacial score (nSPS) is 18.1. The molecule has 5 nitrogen and oxygen atoms in total. The van der Waals surface area contributed by atoms with Crippen molar-refractivity contribution in [3.8, 4) is 11.3 Å². The Kier molecular flexibility index (Phi) is 5.05. The fourth-order valence-electron chi connectivity index (χ4n) is 2.50. The SMILES string of the molecule is CC(C)c1sc(NC(=O)C2CNCCO2)nc1-c1ccccc1. The van der Waals surface area contributed by atoms with Crippen LogP contribution in [0.1, 0.15) is 24.6 Å². The van der Waals surface area contributed by atoms with Crippen molar-refractivity contribution in [1.82, 2.24) is 10.3 Å². The van der Waals surface area contributed by atoms with Crippen LogP contribution in [0.15, 0.2) is 30.3 Å². The van der Waals surface area contributed by atoms with Gasteiger partial charge in [-0.2, -0.15) is 0 Å². The maximum atomic E-state index is 12.3. The summed E-state index contributed by atoms with van der Waals surface area (Å²) < 4.78 is 5.48. The number of ether oxygens (including phenoxy) is 1. The summed E-state index contributed by atoms with van der Waals surface area (Å²) in [6.07, 6.45) is -0.449. The van der Waals surface area contributed by atoms with E-state index in [1.54, 1.807) is 0 Å². The topological polar surface area (TPSA) is 63.2 Å². The Morgan fingerprint density at radius 2 is 2.17 bits per heavy atom. The number of thiazole rings is 1. The summed E-state index contributed by atoms with van der Waals surface area (Å²) in [6, 6.07) is 10.1. The van der Waals surface area contributed by atoms with Crippen LogP contribution in [0, 0.1) is 0 Å². The molecule has 1 aromatic heterocycles. The number of benzene rings is 1. The largest absolute Gasteiger partial charge is 0.366 e. The third-order valence-corrected chi connectivity index (χ3v) is 4.95. The van der Waals surface area contributed by atoms with Crippen LogP contribution in [0.2, 0.25) is 0 Å². The Morgan fingerprint density at radius 3 is 2.83 bits per heavy atom. The minimum atomic E-state index is -0.449. The highest BCUT2D eigenvalue weighted by Crippen LogP contribution is 2.36. The first-order chi connectivity index (χ1) is 11.1. The Labute approximate surface area is 140 Å². The number of amides is 1. The molecule has 2 aromatic rings. The average molecular weight is 331 g/mol. The van der Waals surface area contributed by atoms with Gasteiger partial charge in [-0.1, -0.05) is 44.2 Å². The number of rotatable bonds is 4. The molecule has 2 N–H and O–H groups in total. The first-order valence-corrected chi connectivity index (χ1v) is 8.66. The Bertz CT molecular complexity index is 664. The lowest BCUT2D eigenvalue weighted by Gasteiger charge is -2.22. The second-order valence-corrected chi connectivity index (χ2v) is 6.84. The molecular formula is C17H21N3O2S. The number of carbonyl (C=O) groups is 1. The van der Waals surface area contributed by atoms with Crippen molar-refractivity contribution >= 4 is 22.4 Å². The van der Waals surface area contributed by atoms with Gasteiger partial charge in [-0.15, -0.1) is 11.3 Å². The summed E-state index contributed by atoms with van der Waals surface area (Å²) in [5.74, 6) is 0.210. The number of carbonyl (C=O) groups excluding carboxylic acids is 1. The van der Waals surface area contributed by atoms with Crippen LogP contribution in [-0.4, -0.2) is 36.7 Å². The molecule has 0 spiro atoms. The van der Waals surface area contributed by atoms with E-state index >= 15 is 0 Å². The van der Waals surface area contributed by atoms with Crippen LogP contribution in [0.5, 0.6) is 0 Å². The van der Waals surface area contributed by atoms with Crippen LogP contribution in [0.4, 0.5) is 5.13 Å². The second kappa shape index (κ2) is 7.21. The molecule has 1 aliphatic heterocycles. The maximum absolute atomic E-state index is 12.3. The summed E-state index contributed by atoms with van der Waals surface area (Å²) >= 11 is 1.54. The van der Waals surface area contributed by atoms with Crippen molar-refractivity contribution in [3.63, 3.8) is 0 Å². The maximum Gasteiger partial charge on any atom is 0.256 e. The Hall–Kier alpha value is -1.76. The lowest BCUT2D eigenvalue weighted by atomic mass is 10.1. The Balaban J connectivity index is 1.82. The highest BCUT2D eigenvalue weighted by Gasteiger charge is 2.24. The van der Waals surface area contributed by atoms with Crippen molar-refractivity contribution in [3.05, 3.63) is 35.2 Å². The van der Waals surface area contributed by atoms with Crippen LogP contribution >= 0.6 is 11.3 Å². The molecule has 6 heteroatoms. The van der Waals surface area contributed by atoms with E-state index in [4.69, 9.17) is 4.74 Å². The molecule has 0 radical (unpaired) electrons. The predicted molar refractivity (Wildman–Crippen MR) is 92.9 cm³/mol. The summed E-state index contributed by atoms with van der Waals surface area (Å²) in [6.45, 7) is 6.17. The van der Waals surface area contributed by atoms with Crippen molar-refractivity contribution in [2.24, 2.45) is 0 Å². The van der Waals surface area contributed by atoms with Crippen LogP contribution in [0.25, 0.3) is 11.3 Å². The number of nitrogens with one attached hydrogen (secondary N) is 2. The lowest BCUT2D eigenvalue weighted by molar-refractivity contribution is -0.128. The zero-order valence-electron chi connectivity index (χ0n) is 13.3. The summed E-state index contributed by atoms with van der Waals surface area (Å²) in [5.41, 5.74) is 2.02. The molecule has 1 unspecified atom stereocenters. The molecule has 1 fully saturated rings. The molecular weight excluding hydrogens is 310 g/mol. The zero-order chi connectivity index (χ0) is 16.2. The van der Waals surface area contributed by atoms with E-state index in [-0.39, 0.29) is 5.91 Å². The summed E-state index contributed by atoms with van der Waals surface area (Å²) in [7, 11) is 0. The van der Waals surface area contributed by atoms with Crippen molar-refractivity contribution in [1.29, 1.82) is 0 Å². The van der Waals surface area contributed by atoms with Crippen LogP contribution < -0.4 is 10.6 Å². The molecule has 122 valence electrons. The number of anilines is 1. The fourth-order valence-corrected chi connectivity index (χ4v) is 3.49. The van der Waals surface area contributed by atoms with Crippen molar-refractivity contribution in [2.75, 3.05) is 25.0 Å². The highest BCUT2D eigenvalue weighted by molar-refractivity contribution is 7.16. The molecule has 3 rings (SSSR count). The molecule has 1 saturated heterocycles. The summed E-state index contributed by atoms with van der Waals surface area (Å²) in [4.78, 5) is 18.1. The quantitative estimate of drug-likeness (QED) is 0.904. The van der Waals surface area contributed by atoms with E-state index < -0.39 is 6.10 Å². The van der Waals surface area contributed by atoms with E-state index in [0.717, 1.165) is 17.8 Å². The van der Waals surface area contributed by atoms with E-state index in [2.05, 4.69) is 29.5 Å². The molecule has 1 aromatic carbocycles. The number of hydrogen-bond acceptors (Lipinski definition) is 5. The van der Waals surface area contributed by atoms with Gasteiger partial charge in [0, 0.05) is 23.5 Å². The van der Waals surface area contributed by atoms with Gasteiger partial charge in [-0.25, -0.2) is 4.98 Å². The van der Waals surface area contributed by atoms with Gasteiger partial charge in [0.05, 0.1) is 12.3 Å². The predicted octanol–water partition coefficient (Wildman–Crippen LogP) is 2.86. The molecule has 2 heterocycles. The average Bonchev–Trinajstić information content (AvgIpc) is 3.00. The van der Waals surface area contributed by atoms with E-state index in [9.17, 15) is 4.79 Å². The van der Waals surface area contributed by atoms with Crippen molar-refractivity contribution in [2.45, 2.75) is 25.9 Å². The van der Waals surface area contributed by atoms with Gasteiger partial charge in [0.25, 0.3) is 5.91 Å². The molecule has 1 amide bonds. The molecule has 0 aliphatic carbocycles. The lowest BCUT2D eigenvalue weighted by Crippen LogP contribution is -2.45. The van der Waals surface area contributed by atoms with Crippen molar-refractivity contribution < 1.29 is 9.53 Å². The van der Waals surface area contributed by atoms with Gasteiger partial charge in [0.2, 0.25) is 0 Å². The van der Waals surface area contributed by atoms with Gasteiger partial charge < -0.3 is 10.1 Å². The Morgan fingerprint density at radius 1 is 1.39 bits per heavy atom. The molecule has 0 saturated carbocycles. The smallest absolute Gasteiger partial charge is 0.256 e. The molecule has 0 bridgehead atoms.